The summed E-state index contributed by atoms with van der Waals surface area (Å²) in [5.41, 5.74) is 0.638. The monoisotopic (exact) mass is 286 g/mol. The molecule has 0 aliphatic carbocycles. The Morgan fingerprint density at radius 3 is 2.62 bits per heavy atom. The first-order valence-electron chi connectivity index (χ1n) is 6.27. The zero-order valence-corrected chi connectivity index (χ0v) is 11.7. The van der Waals surface area contributed by atoms with Crippen LogP contribution >= 0.6 is 0 Å². The number of hydrogen-bond acceptors (Lipinski definition) is 5. The lowest BCUT2D eigenvalue weighted by molar-refractivity contribution is 0.0684. The Bertz CT molecular complexity index is 698. The van der Waals surface area contributed by atoms with Gasteiger partial charge >= 0.3 is 5.97 Å². The van der Waals surface area contributed by atoms with Crippen molar-refractivity contribution in [3.63, 3.8) is 0 Å². The van der Waals surface area contributed by atoms with Gasteiger partial charge in [0.15, 0.2) is 17.3 Å². The van der Waals surface area contributed by atoms with Crippen LogP contribution in [-0.2, 0) is 6.61 Å². The molecule has 2 rings (SSSR count). The highest BCUT2D eigenvalue weighted by Gasteiger charge is 2.17. The number of rotatable bonds is 5. The van der Waals surface area contributed by atoms with Crippen LogP contribution in [0.5, 0.6) is 5.75 Å². The number of nitrogens with zero attached hydrogens (tertiary/aromatic N) is 2. The molecular formula is C15H14N2O4. The maximum Gasteiger partial charge on any atom is 0.355 e. The predicted octanol–water partition coefficient (Wildman–Crippen LogP) is 2.26. The van der Waals surface area contributed by atoms with E-state index in [1.54, 1.807) is 6.07 Å². The lowest BCUT2D eigenvalue weighted by Gasteiger charge is -2.09. The normalized spacial score (nSPS) is 10.2. The van der Waals surface area contributed by atoms with E-state index in [2.05, 4.69) is 9.97 Å². The molecule has 1 aromatic carbocycles. The minimum Gasteiger partial charge on any atom is -0.485 e. The van der Waals surface area contributed by atoms with Crippen LogP contribution in [0.25, 0.3) is 0 Å². The fraction of sp³-hybridized carbons (Fsp3) is 0.200. The first-order chi connectivity index (χ1) is 9.99. The molecule has 0 unspecified atom stereocenters. The number of hydrogen-bond donors (Lipinski definition) is 1. The lowest BCUT2D eigenvalue weighted by Crippen LogP contribution is -2.13. The molecule has 0 aliphatic rings. The van der Waals surface area contributed by atoms with E-state index in [4.69, 9.17) is 9.84 Å². The van der Waals surface area contributed by atoms with Gasteiger partial charge in [-0.15, -0.1) is 0 Å². The fourth-order valence-corrected chi connectivity index (χ4v) is 1.77. The number of aromatic nitrogens is 2. The second-order valence-electron chi connectivity index (χ2n) is 4.46. The molecule has 0 saturated heterocycles. The maximum absolute atomic E-state index is 11.3. The molecule has 108 valence electrons. The second kappa shape index (κ2) is 6.13. The molecule has 0 radical (unpaired) electrons. The van der Waals surface area contributed by atoms with E-state index in [9.17, 15) is 9.59 Å². The van der Waals surface area contributed by atoms with E-state index in [0.717, 1.165) is 5.56 Å². The minimum atomic E-state index is -1.26. The molecule has 1 aromatic heterocycles. The summed E-state index contributed by atoms with van der Waals surface area (Å²) in [7, 11) is 0. The van der Waals surface area contributed by atoms with Gasteiger partial charge in [-0.05, 0) is 25.5 Å². The van der Waals surface area contributed by atoms with Gasteiger partial charge in [0.25, 0.3) is 0 Å². The number of carbonyl (C=O) groups is 2. The molecule has 1 N–H and O–H groups in total. The first kappa shape index (κ1) is 14.6. The molecule has 21 heavy (non-hydrogen) atoms. The molecule has 0 fully saturated rings. The summed E-state index contributed by atoms with van der Waals surface area (Å²) in [6, 6.07) is 7.43. The number of aromatic carboxylic acids is 1. The Morgan fingerprint density at radius 2 is 2.00 bits per heavy atom. The number of para-hydroxylation sites is 1. The van der Waals surface area contributed by atoms with E-state index >= 15 is 0 Å². The van der Waals surface area contributed by atoms with E-state index < -0.39 is 11.8 Å². The van der Waals surface area contributed by atoms with Crippen molar-refractivity contribution in [1.29, 1.82) is 0 Å². The Labute approximate surface area is 121 Å². The molecule has 0 amide bonds. The third-order valence-corrected chi connectivity index (χ3v) is 2.87. The zero-order chi connectivity index (χ0) is 15.4. The van der Waals surface area contributed by atoms with Crippen molar-refractivity contribution in [3.05, 3.63) is 53.1 Å². The molecule has 0 aliphatic heterocycles. The van der Waals surface area contributed by atoms with Crippen LogP contribution in [-0.4, -0.2) is 26.8 Å². The molecular weight excluding hydrogens is 272 g/mol. The largest absolute Gasteiger partial charge is 0.485 e. The number of ether oxygens (including phenoxy) is 1. The van der Waals surface area contributed by atoms with Gasteiger partial charge in [-0.2, -0.15) is 0 Å². The van der Waals surface area contributed by atoms with Gasteiger partial charge < -0.3 is 9.84 Å². The second-order valence-corrected chi connectivity index (χ2v) is 4.46. The Balaban J connectivity index is 2.22. The molecule has 0 bridgehead atoms. The van der Waals surface area contributed by atoms with Gasteiger partial charge in [0.1, 0.15) is 12.4 Å². The van der Waals surface area contributed by atoms with E-state index in [1.807, 2.05) is 25.1 Å². The Morgan fingerprint density at radius 1 is 1.29 bits per heavy atom. The average molecular weight is 286 g/mol. The summed E-state index contributed by atoms with van der Waals surface area (Å²) in [4.78, 5) is 30.3. The standard InChI is InChI=1S/C15H14N2O4/c1-9-5-3-4-6-12(9)21-8-13-16-7-11(10(2)18)14(17-13)15(19)20/h3-7H,8H2,1-2H3,(H,19,20). The fourth-order valence-electron chi connectivity index (χ4n) is 1.77. The van der Waals surface area contributed by atoms with Crippen LogP contribution in [0.1, 0.15) is 39.2 Å². The van der Waals surface area contributed by atoms with Crippen LogP contribution in [0, 0.1) is 6.92 Å². The van der Waals surface area contributed by atoms with E-state index in [-0.39, 0.29) is 23.7 Å². The smallest absolute Gasteiger partial charge is 0.355 e. The van der Waals surface area contributed by atoms with Crippen LogP contribution in [0.3, 0.4) is 0 Å². The van der Waals surface area contributed by atoms with Crippen LogP contribution in [0.2, 0.25) is 0 Å². The van der Waals surface area contributed by atoms with Crippen molar-refractivity contribution in [2.75, 3.05) is 0 Å². The Hall–Kier alpha value is -2.76. The quantitative estimate of drug-likeness (QED) is 0.848. The summed E-state index contributed by atoms with van der Waals surface area (Å²) in [6.07, 6.45) is 1.22. The highest BCUT2D eigenvalue weighted by atomic mass is 16.5. The third kappa shape index (κ3) is 3.42. The minimum absolute atomic E-state index is 0.0119. The molecule has 1 heterocycles. The number of ketones is 1. The van der Waals surface area contributed by atoms with Gasteiger partial charge in [0, 0.05) is 6.20 Å². The van der Waals surface area contributed by atoms with Gasteiger partial charge in [0.05, 0.1) is 5.56 Å². The van der Waals surface area contributed by atoms with Crippen molar-refractivity contribution in [2.45, 2.75) is 20.5 Å². The van der Waals surface area contributed by atoms with E-state index in [0.29, 0.717) is 5.75 Å². The SMILES string of the molecule is CC(=O)c1cnc(COc2ccccc2C)nc1C(=O)O. The summed E-state index contributed by atoms with van der Waals surface area (Å²) >= 11 is 0. The van der Waals surface area contributed by atoms with Crippen molar-refractivity contribution in [3.8, 4) is 5.75 Å². The van der Waals surface area contributed by atoms with Crippen LogP contribution in [0.15, 0.2) is 30.5 Å². The first-order valence-corrected chi connectivity index (χ1v) is 6.27. The highest BCUT2D eigenvalue weighted by Crippen LogP contribution is 2.17. The molecule has 2 aromatic rings. The number of aryl methyl sites for hydroxylation is 1. The number of carboxylic acid groups (broad SMARTS) is 1. The van der Waals surface area contributed by atoms with Crippen molar-refractivity contribution in [2.24, 2.45) is 0 Å². The van der Waals surface area contributed by atoms with Crippen molar-refractivity contribution in [1.82, 2.24) is 9.97 Å². The third-order valence-electron chi connectivity index (χ3n) is 2.87. The van der Waals surface area contributed by atoms with Crippen molar-refractivity contribution < 1.29 is 19.4 Å². The van der Waals surface area contributed by atoms with Gasteiger partial charge in [-0.25, -0.2) is 14.8 Å². The summed E-state index contributed by atoms with van der Waals surface area (Å²) in [6.45, 7) is 3.20. The van der Waals surface area contributed by atoms with Gasteiger partial charge in [0.2, 0.25) is 0 Å². The summed E-state index contributed by atoms with van der Waals surface area (Å²) in [5.74, 6) is -0.771. The molecule has 0 spiro atoms. The number of carboxylic acids is 1. The van der Waals surface area contributed by atoms with E-state index in [1.165, 1.54) is 13.1 Å². The van der Waals surface area contributed by atoms with Crippen LogP contribution < -0.4 is 4.74 Å². The topological polar surface area (TPSA) is 89.4 Å². The molecule has 0 atom stereocenters. The molecule has 6 nitrogen and oxygen atoms in total. The van der Waals surface area contributed by atoms with Crippen molar-refractivity contribution >= 4 is 11.8 Å². The van der Waals surface area contributed by atoms with Crippen LogP contribution in [0.4, 0.5) is 0 Å². The lowest BCUT2D eigenvalue weighted by atomic mass is 10.1. The average Bonchev–Trinajstić information content (AvgIpc) is 2.46. The number of carbonyl (C=O) groups excluding carboxylic acids is 1. The molecule has 6 heteroatoms. The summed E-state index contributed by atoms with van der Waals surface area (Å²) in [5, 5.41) is 9.09. The number of benzene rings is 1. The number of Topliss-reactive ketones (excluding diaryl/α,β-unsaturated/α-hetero) is 1. The maximum atomic E-state index is 11.3. The molecule has 0 saturated carbocycles. The van der Waals surface area contributed by atoms with Gasteiger partial charge in [-0.3, -0.25) is 4.79 Å². The zero-order valence-electron chi connectivity index (χ0n) is 11.7. The Kier molecular flexibility index (Phi) is 4.27. The van der Waals surface area contributed by atoms with Gasteiger partial charge in [-0.1, -0.05) is 18.2 Å². The highest BCUT2D eigenvalue weighted by molar-refractivity contribution is 6.03. The predicted molar refractivity (Wildman–Crippen MR) is 74.5 cm³/mol. The summed E-state index contributed by atoms with van der Waals surface area (Å²) < 4.78 is 5.56.